The van der Waals surface area contributed by atoms with Gasteiger partial charge in [0.15, 0.2) is 0 Å². The third-order valence-corrected chi connectivity index (χ3v) is 4.22. The van der Waals surface area contributed by atoms with Crippen LogP contribution in [0.5, 0.6) is 0 Å². The highest BCUT2D eigenvalue weighted by molar-refractivity contribution is 4.87. The molecule has 0 saturated heterocycles. The molecule has 102 valence electrons. The van der Waals surface area contributed by atoms with E-state index in [1.54, 1.807) is 0 Å². The molecular weight excluding hydrogens is 208 g/mol. The molecule has 0 aromatic carbocycles. The minimum atomic E-state index is 0.624. The van der Waals surface area contributed by atoms with Crippen molar-refractivity contribution in [3.8, 4) is 0 Å². The molecule has 0 aromatic rings. The van der Waals surface area contributed by atoms with Gasteiger partial charge in [0, 0.05) is 19.6 Å². The average Bonchev–Trinajstić information content (AvgIpc) is 2.72. The number of hydrogen-bond acceptors (Lipinski definition) is 2. The van der Waals surface area contributed by atoms with Gasteiger partial charge in [0.05, 0.1) is 0 Å². The Morgan fingerprint density at radius 1 is 1.24 bits per heavy atom. The van der Waals surface area contributed by atoms with E-state index in [1.807, 2.05) is 0 Å². The van der Waals surface area contributed by atoms with Crippen LogP contribution in [-0.2, 0) is 0 Å². The molecule has 0 amide bonds. The van der Waals surface area contributed by atoms with Crippen molar-refractivity contribution >= 4 is 0 Å². The minimum Gasteiger partial charge on any atom is -0.315 e. The molecule has 1 N–H and O–H groups in total. The number of rotatable bonds is 8. The molecule has 2 heteroatoms. The maximum atomic E-state index is 3.70. The summed E-state index contributed by atoms with van der Waals surface area (Å²) in [4.78, 5) is 2.37. The first-order valence-corrected chi connectivity index (χ1v) is 7.47. The van der Waals surface area contributed by atoms with Crippen LogP contribution in [0.25, 0.3) is 0 Å². The molecule has 0 unspecified atom stereocenters. The molecule has 0 aliphatic heterocycles. The second-order valence-corrected chi connectivity index (χ2v) is 6.38. The van der Waals surface area contributed by atoms with Crippen molar-refractivity contribution in [1.29, 1.82) is 0 Å². The molecule has 2 nitrogen and oxygen atoms in total. The largest absolute Gasteiger partial charge is 0.315 e. The van der Waals surface area contributed by atoms with E-state index in [0.717, 1.165) is 19.0 Å². The lowest BCUT2D eigenvalue weighted by atomic mass is 9.78. The van der Waals surface area contributed by atoms with Gasteiger partial charge in [0.1, 0.15) is 0 Å². The molecule has 0 heterocycles. The normalized spacial score (nSPS) is 19.4. The van der Waals surface area contributed by atoms with E-state index in [2.05, 4.69) is 38.0 Å². The van der Waals surface area contributed by atoms with Crippen molar-refractivity contribution in [2.24, 2.45) is 11.3 Å². The van der Waals surface area contributed by atoms with E-state index in [4.69, 9.17) is 0 Å². The first-order valence-electron chi connectivity index (χ1n) is 7.47. The van der Waals surface area contributed by atoms with Gasteiger partial charge in [-0.1, -0.05) is 33.6 Å². The smallest absolute Gasteiger partial charge is 0.0104 e. The highest BCUT2D eigenvalue weighted by atomic mass is 15.1. The third-order valence-electron chi connectivity index (χ3n) is 4.22. The van der Waals surface area contributed by atoms with Crippen LogP contribution in [0.2, 0.25) is 0 Å². The number of likely N-dealkylation sites (N-methyl/N-ethyl adjacent to an activating group) is 1. The Kier molecular flexibility index (Phi) is 6.50. The van der Waals surface area contributed by atoms with Crippen molar-refractivity contribution in [2.45, 2.75) is 52.9 Å². The fourth-order valence-corrected chi connectivity index (χ4v) is 3.23. The maximum Gasteiger partial charge on any atom is 0.0104 e. The average molecular weight is 240 g/mol. The van der Waals surface area contributed by atoms with Crippen molar-refractivity contribution < 1.29 is 0 Å². The first kappa shape index (κ1) is 15.0. The standard InChI is InChI=1S/C15H32N2/c1-5-17(4)11-10-16-13-15(12-14(2)3)8-6-7-9-15/h14,16H,5-13H2,1-4H3. The van der Waals surface area contributed by atoms with Gasteiger partial charge in [0.25, 0.3) is 0 Å². The van der Waals surface area contributed by atoms with Crippen LogP contribution in [0.1, 0.15) is 52.9 Å². The lowest BCUT2D eigenvalue weighted by Crippen LogP contribution is -2.37. The second kappa shape index (κ2) is 7.38. The third kappa shape index (κ3) is 5.39. The first-order chi connectivity index (χ1) is 8.08. The zero-order valence-corrected chi connectivity index (χ0v) is 12.4. The van der Waals surface area contributed by atoms with Gasteiger partial charge in [-0.15, -0.1) is 0 Å². The number of nitrogens with one attached hydrogen (secondary N) is 1. The van der Waals surface area contributed by atoms with Crippen LogP contribution in [0.15, 0.2) is 0 Å². The molecular formula is C15H32N2. The zero-order chi connectivity index (χ0) is 12.7. The van der Waals surface area contributed by atoms with Gasteiger partial charge in [0.2, 0.25) is 0 Å². The highest BCUT2D eigenvalue weighted by Crippen LogP contribution is 2.42. The predicted molar refractivity (Wildman–Crippen MR) is 76.4 cm³/mol. The molecule has 1 rings (SSSR count). The summed E-state index contributed by atoms with van der Waals surface area (Å²) < 4.78 is 0. The molecule has 1 aliphatic carbocycles. The van der Waals surface area contributed by atoms with Crippen LogP contribution in [0, 0.1) is 11.3 Å². The zero-order valence-electron chi connectivity index (χ0n) is 12.4. The number of nitrogens with zero attached hydrogens (tertiary/aromatic N) is 1. The Hall–Kier alpha value is -0.0800. The Morgan fingerprint density at radius 2 is 1.88 bits per heavy atom. The van der Waals surface area contributed by atoms with E-state index in [0.29, 0.717) is 5.41 Å². The van der Waals surface area contributed by atoms with Gasteiger partial charge in [-0.3, -0.25) is 0 Å². The van der Waals surface area contributed by atoms with Crippen molar-refractivity contribution in [3.05, 3.63) is 0 Å². The quantitative estimate of drug-likeness (QED) is 0.656. The monoisotopic (exact) mass is 240 g/mol. The summed E-state index contributed by atoms with van der Waals surface area (Å²) in [6, 6.07) is 0. The molecule has 1 saturated carbocycles. The second-order valence-electron chi connectivity index (χ2n) is 6.38. The molecule has 1 fully saturated rings. The van der Waals surface area contributed by atoms with Crippen LogP contribution in [-0.4, -0.2) is 38.1 Å². The molecule has 0 atom stereocenters. The lowest BCUT2D eigenvalue weighted by molar-refractivity contribution is 0.220. The van der Waals surface area contributed by atoms with Crippen LogP contribution < -0.4 is 5.32 Å². The van der Waals surface area contributed by atoms with Gasteiger partial charge in [-0.05, 0) is 44.2 Å². The lowest BCUT2D eigenvalue weighted by Gasteiger charge is -2.31. The molecule has 0 radical (unpaired) electrons. The van der Waals surface area contributed by atoms with Crippen LogP contribution in [0.4, 0.5) is 0 Å². The fraction of sp³-hybridized carbons (Fsp3) is 1.00. The van der Waals surface area contributed by atoms with E-state index >= 15 is 0 Å². The molecule has 0 spiro atoms. The van der Waals surface area contributed by atoms with Crippen LogP contribution in [0.3, 0.4) is 0 Å². The van der Waals surface area contributed by atoms with Crippen molar-refractivity contribution in [2.75, 3.05) is 33.2 Å². The summed E-state index contributed by atoms with van der Waals surface area (Å²) >= 11 is 0. The Morgan fingerprint density at radius 3 is 2.41 bits per heavy atom. The summed E-state index contributed by atoms with van der Waals surface area (Å²) in [5.41, 5.74) is 0.624. The molecule has 0 bridgehead atoms. The fourth-order valence-electron chi connectivity index (χ4n) is 3.23. The predicted octanol–water partition coefficient (Wildman–Crippen LogP) is 3.13. The van der Waals surface area contributed by atoms with E-state index in [9.17, 15) is 0 Å². The molecule has 1 aliphatic rings. The van der Waals surface area contributed by atoms with Gasteiger partial charge in [-0.25, -0.2) is 0 Å². The summed E-state index contributed by atoms with van der Waals surface area (Å²) in [7, 11) is 2.20. The topological polar surface area (TPSA) is 15.3 Å². The summed E-state index contributed by atoms with van der Waals surface area (Å²) in [5.74, 6) is 0.841. The maximum absolute atomic E-state index is 3.70. The minimum absolute atomic E-state index is 0.624. The van der Waals surface area contributed by atoms with E-state index in [1.165, 1.54) is 45.2 Å². The van der Waals surface area contributed by atoms with Crippen molar-refractivity contribution in [1.82, 2.24) is 10.2 Å². The van der Waals surface area contributed by atoms with Gasteiger partial charge < -0.3 is 10.2 Å². The SMILES string of the molecule is CCN(C)CCNCC1(CC(C)C)CCCC1. The highest BCUT2D eigenvalue weighted by Gasteiger charge is 2.33. The van der Waals surface area contributed by atoms with E-state index in [-0.39, 0.29) is 0 Å². The summed E-state index contributed by atoms with van der Waals surface area (Å²) in [5, 5.41) is 3.70. The van der Waals surface area contributed by atoms with Crippen molar-refractivity contribution in [3.63, 3.8) is 0 Å². The summed E-state index contributed by atoms with van der Waals surface area (Å²) in [6.45, 7) is 11.7. The van der Waals surface area contributed by atoms with Gasteiger partial charge in [-0.2, -0.15) is 0 Å². The number of hydrogen-bond donors (Lipinski definition) is 1. The Bertz CT molecular complexity index is 195. The molecule has 0 aromatic heterocycles. The van der Waals surface area contributed by atoms with E-state index < -0.39 is 0 Å². The summed E-state index contributed by atoms with van der Waals surface area (Å²) in [6.07, 6.45) is 7.19. The van der Waals surface area contributed by atoms with Gasteiger partial charge >= 0.3 is 0 Å². The Balaban J connectivity index is 2.25. The molecule has 17 heavy (non-hydrogen) atoms. The Labute approximate surface area is 108 Å². The van der Waals surface area contributed by atoms with Crippen LogP contribution >= 0.6 is 0 Å².